The van der Waals surface area contributed by atoms with Gasteiger partial charge in [-0.25, -0.2) is 0 Å². The van der Waals surface area contributed by atoms with Crippen molar-refractivity contribution in [2.24, 2.45) is 11.1 Å². The van der Waals surface area contributed by atoms with Crippen molar-refractivity contribution >= 4 is 0 Å². The van der Waals surface area contributed by atoms with E-state index in [-0.39, 0.29) is 0 Å². The van der Waals surface area contributed by atoms with Gasteiger partial charge in [-0.2, -0.15) is 0 Å². The minimum atomic E-state index is 0.371. The zero-order valence-corrected chi connectivity index (χ0v) is 6.73. The first-order valence-corrected chi connectivity index (χ1v) is 4.11. The monoisotopic (exact) mass is 143 g/mol. The highest BCUT2D eigenvalue weighted by Crippen LogP contribution is 2.31. The van der Waals surface area contributed by atoms with Crippen LogP contribution in [-0.4, -0.2) is 19.8 Å². The van der Waals surface area contributed by atoms with Gasteiger partial charge in [0.25, 0.3) is 0 Å². The molecule has 0 saturated carbocycles. The van der Waals surface area contributed by atoms with E-state index in [1.807, 2.05) is 0 Å². The number of ether oxygens (including phenoxy) is 1. The van der Waals surface area contributed by atoms with Gasteiger partial charge in [-0.15, -0.1) is 0 Å². The Hall–Kier alpha value is -0.0800. The normalized spacial score (nSPS) is 22.2. The number of rotatable bonds is 4. The van der Waals surface area contributed by atoms with Gasteiger partial charge < -0.3 is 10.5 Å². The maximum absolute atomic E-state index is 5.63. The molecule has 0 radical (unpaired) electrons. The van der Waals surface area contributed by atoms with E-state index in [2.05, 4.69) is 6.92 Å². The van der Waals surface area contributed by atoms with E-state index in [0.717, 1.165) is 19.8 Å². The molecule has 1 fully saturated rings. The van der Waals surface area contributed by atoms with Crippen LogP contribution >= 0.6 is 0 Å². The van der Waals surface area contributed by atoms with Crippen molar-refractivity contribution in [1.29, 1.82) is 0 Å². The molecule has 0 aromatic rings. The third kappa shape index (κ3) is 1.50. The first-order valence-electron chi connectivity index (χ1n) is 4.11. The van der Waals surface area contributed by atoms with E-state index >= 15 is 0 Å². The molecular formula is C8H17NO. The highest BCUT2D eigenvalue weighted by Gasteiger charge is 2.35. The van der Waals surface area contributed by atoms with Crippen LogP contribution in [0.4, 0.5) is 0 Å². The minimum absolute atomic E-state index is 0.371. The Morgan fingerprint density at radius 1 is 1.50 bits per heavy atom. The summed E-state index contributed by atoms with van der Waals surface area (Å²) in [6.07, 6.45) is 3.81. The first-order chi connectivity index (χ1) is 4.83. The van der Waals surface area contributed by atoms with Crippen LogP contribution in [0.3, 0.4) is 0 Å². The number of unbranched alkanes of at least 4 members (excludes halogenated alkanes) is 1. The molecule has 0 amide bonds. The van der Waals surface area contributed by atoms with E-state index in [9.17, 15) is 0 Å². The molecule has 10 heavy (non-hydrogen) atoms. The third-order valence-corrected chi connectivity index (χ3v) is 2.31. The van der Waals surface area contributed by atoms with Gasteiger partial charge in [-0.1, -0.05) is 19.8 Å². The average molecular weight is 143 g/mol. The van der Waals surface area contributed by atoms with Gasteiger partial charge in [-0.05, 0) is 6.42 Å². The molecule has 1 rings (SSSR count). The molecule has 0 atom stereocenters. The Morgan fingerprint density at radius 3 is 2.50 bits per heavy atom. The summed E-state index contributed by atoms with van der Waals surface area (Å²) in [4.78, 5) is 0. The Balaban J connectivity index is 2.20. The van der Waals surface area contributed by atoms with Crippen molar-refractivity contribution in [3.63, 3.8) is 0 Å². The lowest BCUT2D eigenvalue weighted by Gasteiger charge is -2.40. The average Bonchev–Trinajstić information content (AvgIpc) is 1.87. The zero-order chi connectivity index (χ0) is 7.45. The summed E-state index contributed by atoms with van der Waals surface area (Å²) in [7, 11) is 0. The van der Waals surface area contributed by atoms with Gasteiger partial charge in [0.15, 0.2) is 0 Å². The van der Waals surface area contributed by atoms with E-state index in [1.54, 1.807) is 0 Å². The fourth-order valence-electron chi connectivity index (χ4n) is 1.31. The molecule has 1 heterocycles. The molecule has 2 heteroatoms. The van der Waals surface area contributed by atoms with Crippen LogP contribution in [0.15, 0.2) is 0 Å². The van der Waals surface area contributed by atoms with Gasteiger partial charge in [0.05, 0.1) is 13.2 Å². The number of hydrogen-bond acceptors (Lipinski definition) is 2. The molecule has 0 aromatic carbocycles. The second-order valence-electron chi connectivity index (χ2n) is 3.30. The highest BCUT2D eigenvalue weighted by atomic mass is 16.5. The lowest BCUT2D eigenvalue weighted by atomic mass is 9.81. The van der Waals surface area contributed by atoms with Crippen LogP contribution in [0, 0.1) is 5.41 Å². The van der Waals surface area contributed by atoms with Crippen molar-refractivity contribution in [2.75, 3.05) is 19.8 Å². The molecule has 0 aliphatic carbocycles. The smallest absolute Gasteiger partial charge is 0.0556 e. The van der Waals surface area contributed by atoms with Gasteiger partial charge in [-0.3, -0.25) is 0 Å². The van der Waals surface area contributed by atoms with Crippen molar-refractivity contribution in [2.45, 2.75) is 26.2 Å². The first kappa shape index (κ1) is 8.02. The molecule has 2 N–H and O–H groups in total. The van der Waals surface area contributed by atoms with E-state index < -0.39 is 0 Å². The molecule has 0 aromatic heterocycles. The van der Waals surface area contributed by atoms with E-state index in [1.165, 1.54) is 19.3 Å². The zero-order valence-electron chi connectivity index (χ0n) is 6.73. The molecule has 1 aliphatic heterocycles. The molecule has 60 valence electrons. The predicted molar refractivity (Wildman–Crippen MR) is 41.8 cm³/mol. The summed E-state index contributed by atoms with van der Waals surface area (Å²) in [5, 5.41) is 0. The summed E-state index contributed by atoms with van der Waals surface area (Å²) in [5.41, 5.74) is 6.00. The molecule has 1 aliphatic rings. The SMILES string of the molecule is CCCCC1(CN)COC1. The van der Waals surface area contributed by atoms with Crippen molar-refractivity contribution in [1.82, 2.24) is 0 Å². The van der Waals surface area contributed by atoms with Gasteiger partial charge >= 0.3 is 0 Å². The Bertz CT molecular complexity index is 93.9. The summed E-state index contributed by atoms with van der Waals surface area (Å²) >= 11 is 0. The standard InChI is InChI=1S/C8H17NO/c1-2-3-4-8(5-9)6-10-7-8/h2-7,9H2,1H3. The fourth-order valence-corrected chi connectivity index (χ4v) is 1.31. The van der Waals surface area contributed by atoms with Crippen molar-refractivity contribution < 1.29 is 4.74 Å². The van der Waals surface area contributed by atoms with Gasteiger partial charge in [0, 0.05) is 12.0 Å². The number of nitrogens with two attached hydrogens (primary N) is 1. The lowest BCUT2D eigenvalue weighted by molar-refractivity contribution is -0.112. The van der Waals surface area contributed by atoms with Gasteiger partial charge in [0.1, 0.15) is 0 Å². The Kier molecular flexibility index (Phi) is 2.69. The summed E-state index contributed by atoms with van der Waals surface area (Å²) in [6, 6.07) is 0. The third-order valence-electron chi connectivity index (χ3n) is 2.31. The highest BCUT2D eigenvalue weighted by molar-refractivity contribution is 4.85. The Morgan fingerprint density at radius 2 is 2.20 bits per heavy atom. The molecule has 2 nitrogen and oxygen atoms in total. The van der Waals surface area contributed by atoms with Crippen LogP contribution < -0.4 is 5.73 Å². The minimum Gasteiger partial charge on any atom is -0.380 e. The maximum atomic E-state index is 5.63. The number of hydrogen-bond donors (Lipinski definition) is 1. The van der Waals surface area contributed by atoms with E-state index in [4.69, 9.17) is 10.5 Å². The molecule has 0 bridgehead atoms. The van der Waals surface area contributed by atoms with Crippen LogP contribution in [0.1, 0.15) is 26.2 Å². The fraction of sp³-hybridized carbons (Fsp3) is 1.00. The maximum Gasteiger partial charge on any atom is 0.0556 e. The molecule has 0 unspecified atom stereocenters. The van der Waals surface area contributed by atoms with Crippen LogP contribution in [-0.2, 0) is 4.74 Å². The molecule has 0 spiro atoms. The molecular weight excluding hydrogens is 126 g/mol. The summed E-state index contributed by atoms with van der Waals surface area (Å²) < 4.78 is 5.15. The quantitative estimate of drug-likeness (QED) is 0.640. The van der Waals surface area contributed by atoms with Gasteiger partial charge in [0.2, 0.25) is 0 Å². The lowest BCUT2D eigenvalue weighted by Crippen LogP contribution is -2.48. The van der Waals surface area contributed by atoms with Crippen molar-refractivity contribution in [3.8, 4) is 0 Å². The second kappa shape index (κ2) is 3.35. The Labute approximate surface area is 62.7 Å². The summed E-state index contributed by atoms with van der Waals surface area (Å²) in [5.74, 6) is 0. The second-order valence-corrected chi connectivity index (χ2v) is 3.30. The topological polar surface area (TPSA) is 35.2 Å². The van der Waals surface area contributed by atoms with E-state index in [0.29, 0.717) is 5.41 Å². The predicted octanol–water partition coefficient (Wildman–Crippen LogP) is 1.15. The molecule has 1 saturated heterocycles. The van der Waals surface area contributed by atoms with Crippen LogP contribution in [0.2, 0.25) is 0 Å². The largest absolute Gasteiger partial charge is 0.380 e. The summed E-state index contributed by atoms with van der Waals surface area (Å²) in [6.45, 7) is 4.80. The van der Waals surface area contributed by atoms with Crippen LogP contribution in [0.5, 0.6) is 0 Å². The van der Waals surface area contributed by atoms with Crippen molar-refractivity contribution in [3.05, 3.63) is 0 Å². The van der Waals surface area contributed by atoms with Crippen LogP contribution in [0.25, 0.3) is 0 Å².